The predicted molar refractivity (Wildman–Crippen MR) is 61.7 cm³/mol. The average molecular weight is 241 g/mol. The highest BCUT2D eigenvalue weighted by Gasteiger charge is 2.33. The van der Waals surface area contributed by atoms with Gasteiger partial charge in [-0.05, 0) is 38.3 Å². The summed E-state index contributed by atoms with van der Waals surface area (Å²) in [5.41, 5.74) is -1.43. The quantitative estimate of drug-likeness (QED) is 0.847. The van der Waals surface area contributed by atoms with Gasteiger partial charge in [0, 0.05) is 12.6 Å². The van der Waals surface area contributed by atoms with Gasteiger partial charge in [0.2, 0.25) is 0 Å². The van der Waals surface area contributed by atoms with Crippen LogP contribution in [0.15, 0.2) is 12.1 Å². The van der Waals surface area contributed by atoms with Gasteiger partial charge in [-0.25, -0.2) is 8.78 Å². The number of halogens is 2. The van der Waals surface area contributed by atoms with Gasteiger partial charge in [-0.2, -0.15) is 0 Å². The molecule has 0 amide bonds. The number of aliphatic hydroxyl groups is 1. The molecule has 2 rings (SSSR count). The normalized spacial score (nSPS) is 19.1. The van der Waals surface area contributed by atoms with Crippen LogP contribution in [0.3, 0.4) is 0 Å². The lowest BCUT2D eigenvalue weighted by atomic mass is 9.93. The first-order valence-corrected chi connectivity index (χ1v) is 5.82. The molecule has 1 atom stereocenters. The third-order valence-corrected chi connectivity index (χ3v) is 3.14. The Labute approximate surface area is 99.7 Å². The molecule has 0 bridgehead atoms. The van der Waals surface area contributed by atoms with Crippen molar-refractivity contribution in [2.24, 2.45) is 0 Å². The maximum absolute atomic E-state index is 13.9. The summed E-state index contributed by atoms with van der Waals surface area (Å²) in [4.78, 5) is 0. The number of rotatable bonds is 4. The van der Waals surface area contributed by atoms with Crippen molar-refractivity contribution >= 4 is 0 Å². The minimum atomic E-state index is -1.53. The van der Waals surface area contributed by atoms with E-state index in [1.54, 1.807) is 6.92 Å². The van der Waals surface area contributed by atoms with Crippen LogP contribution in [0.4, 0.5) is 8.78 Å². The van der Waals surface area contributed by atoms with Crippen LogP contribution in [0.25, 0.3) is 0 Å². The molecule has 1 aliphatic carbocycles. The van der Waals surface area contributed by atoms with Gasteiger partial charge < -0.3 is 10.4 Å². The van der Waals surface area contributed by atoms with E-state index in [9.17, 15) is 13.9 Å². The summed E-state index contributed by atoms with van der Waals surface area (Å²) in [5.74, 6) is -1.36. The van der Waals surface area contributed by atoms with Crippen LogP contribution in [-0.4, -0.2) is 17.7 Å². The molecule has 0 aromatic heterocycles. The second kappa shape index (κ2) is 4.35. The van der Waals surface area contributed by atoms with Gasteiger partial charge >= 0.3 is 0 Å². The van der Waals surface area contributed by atoms with Gasteiger partial charge in [-0.1, -0.05) is 6.07 Å². The molecule has 2 N–H and O–H groups in total. The molecular formula is C13H17F2NO. The SMILES string of the molecule is Cc1ccc(F)c(C(C)(O)CNC2CC2)c1F. The maximum atomic E-state index is 13.9. The molecule has 1 saturated carbocycles. The Kier molecular flexibility index (Phi) is 3.19. The summed E-state index contributed by atoms with van der Waals surface area (Å²) < 4.78 is 27.5. The van der Waals surface area contributed by atoms with Gasteiger partial charge in [-0.3, -0.25) is 0 Å². The van der Waals surface area contributed by atoms with Crippen molar-refractivity contribution in [2.75, 3.05) is 6.54 Å². The molecule has 0 heterocycles. The predicted octanol–water partition coefficient (Wildman–Crippen LogP) is 2.23. The molecule has 4 heteroatoms. The lowest BCUT2D eigenvalue weighted by molar-refractivity contribution is 0.0487. The molecule has 2 nitrogen and oxygen atoms in total. The largest absolute Gasteiger partial charge is 0.384 e. The first-order valence-electron chi connectivity index (χ1n) is 5.82. The van der Waals surface area contributed by atoms with Crippen LogP contribution >= 0.6 is 0 Å². The van der Waals surface area contributed by atoms with E-state index in [-0.39, 0.29) is 12.1 Å². The number of aryl methyl sites for hydroxylation is 1. The summed E-state index contributed by atoms with van der Waals surface area (Å²) >= 11 is 0. The number of hydrogen-bond donors (Lipinski definition) is 2. The fourth-order valence-corrected chi connectivity index (χ4v) is 1.87. The molecule has 1 aromatic rings. The van der Waals surface area contributed by atoms with Crippen molar-refractivity contribution in [1.82, 2.24) is 5.32 Å². The summed E-state index contributed by atoms with van der Waals surface area (Å²) in [6, 6.07) is 2.95. The standard InChI is InChI=1S/C13H17F2NO/c1-8-3-6-10(14)11(12(8)15)13(2,17)7-16-9-4-5-9/h3,6,9,16-17H,4-5,7H2,1-2H3. The van der Waals surface area contributed by atoms with Crippen molar-refractivity contribution in [1.29, 1.82) is 0 Å². The molecular weight excluding hydrogens is 224 g/mol. The first kappa shape index (κ1) is 12.5. The molecule has 1 unspecified atom stereocenters. The molecule has 1 fully saturated rings. The van der Waals surface area contributed by atoms with E-state index in [1.165, 1.54) is 19.1 Å². The third kappa shape index (κ3) is 2.64. The van der Waals surface area contributed by atoms with Crippen molar-refractivity contribution in [2.45, 2.75) is 38.3 Å². The highest BCUT2D eigenvalue weighted by atomic mass is 19.1. The van der Waals surface area contributed by atoms with Crippen molar-refractivity contribution in [3.63, 3.8) is 0 Å². The van der Waals surface area contributed by atoms with Crippen molar-refractivity contribution in [3.05, 3.63) is 34.9 Å². The van der Waals surface area contributed by atoms with E-state index in [0.717, 1.165) is 12.8 Å². The molecule has 1 aliphatic rings. The summed E-state index contributed by atoms with van der Waals surface area (Å²) in [6.45, 7) is 3.15. The van der Waals surface area contributed by atoms with E-state index in [0.29, 0.717) is 11.6 Å². The number of benzene rings is 1. The van der Waals surface area contributed by atoms with Crippen LogP contribution in [0.5, 0.6) is 0 Å². The van der Waals surface area contributed by atoms with Crippen LogP contribution in [-0.2, 0) is 5.60 Å². The molecule has 1 aromatic carbocycles. The third-order valence-electron chi connectivity index (χ3n) is 3.14. The van der Waals surface area contributed by atoms with E-state index >= 15 is 0 Å². The smallest absolute Gasteiger partial charge is 0.135 e. The zero-order valence-electron chi connectivity index (χ0n) is 10.1. The molecule has 0 saturated heterocycles. The molecule has 0 radical (unpaired) electrons. The molecule has 0 aliphatic heterocycles. The van der Waals surface area contributed by atoms with Crippen LogP contribution in [0.1, 0.15) is 30.9 Å². The highest BCUT2D eigenvalue weighted by molar-refractivity contribution is 5.31. The Balaban J connectivity index is 2.26. The van der Waals surface area contributed by atoms with Gasteiger partial charge in [-0.15, -0.1) is 0 Å². The van der Waals surface area contributed by atoms with E-state index in [2.05, 4.69) is 5.32 Å². The van der Waals surface area contributed by atoms with E-state index in [4.69, 9.17) is 0 Å². The summed E-state index contributed by atoms with van der Waals surface area (Å²) in [5, 5.41) is 13.3. The second-order valence-electron chi connectivity index (χ2n) is 4.98. The number of hydrogen-bond acceptors (Lipinski definition) is 2. The van der Waals surface area contributed by atoms with Gasteiger partial charge in [0.05, 0.1) is 5.56 Å². The zero-order chi connectivity index (χ0) is 12.6. The molecule has 94 valence electrons. The Hall–Kier alpha value is -1.00. The van der Waals surface area contributed by atoms with Gasteiger partial charge in [0.15, 0.2) is 0 Å². The highest BCUT2D eigenvalue weighted by Crippen LogP contribution is 2.29. The zero-order valence-corrected chi connectivity index (χ0v) is 10.1. The van der Waals surface area contributed by atoms with Crippen LogP contribution in [0, 0.1) is 18.6 Å². The fourth-order valence-electron chi connectivity index (χ4n) is 1.87. The van der Waals surface area contributed by atoms with E-state index < -0.39 is 17.2 Å². The molecule has 17 heavy (non-hydrogen) atoms. The maximum Gasteiger partial charge on any atom is 0.135 e. The summed E-state index contributed by atoms with van der Waals surface area (Å²) in [6.07, 6.45) is 2.13. The average Bonchev–Trinajstić information content (AvgIpc) is 3.05. The minimum absolute atomic E-state index is 0.162. The van der Waals surface area contributed by atoms with Crippen LogP contribution < -0.4 is 5.32 Å². The second-order valence-corrected chi connectivity index (χ2v) is 4.98. The van der Waals surface area contributed by atoms with Crippen molar-refractivity contribution in [3.8, 4) is 0 Å². The lowest BCUT2D eigenvalue weighted by Crippen LogP contribution is -2.38. The Morgan fingerprint density at radius 3 is 2.65 bits per heavy atom. The molecule has 0 spiro atoms. The monoisotopic (exact) mass is 241 g/mol. The minimum Gasteiger partial charge on any atom is -0.384 e. The Morgan fingerprint density at radius 2 is 2.06 bits per heavy atom. The first-order chi connectivity index (χ1) is 7.92. The van der Waals surface area contributed by atoms with Gasteiger partial charge in [0.25, 0.3) is 0 Å². The summed E-state index contributed by atoms with van der Waals surface area (Å²) in [7, 11) is 0. The van der Waals surface area contributed by atoms with E-state index in [1.807, 2.05) is 0 Å². The van der Waals surface area contributed by atoms with Crippen LogP contribution in [0.2, 0.25) is 0 Å². The Bertz CT molecular complexity index is 428. The Morgan fingerprint density at radius 1 is 1.41 bits per heavy atom. The number of nitrogens with one attached hydrogen (secondary N) is 1. The fraction of sp³-hybridized carbons (Fsp3) is 0.538. The lowest BCUT2D eigenvalue weighted by Gasteiger charge is -2.26. The van der Waals surface area contributed by atoms with Gasteiger partial charge in [0.1, 0.15) is 17.2 Å². The topological polar surface area (TPSA) is 32.3 Å². The van der Waals surface area contributed by atoms with Crippen molar-refractivity contribution < 1.29 is 13.9 Å².